The monoisotopic (exact) mass is 415 g/mol. The number of sulfone groups is 1. The van der Waals surface area contributed by atoms with Crippen LogP contribution in [-0.2, 0) is 21.2 Å². The molecule has 9 nitrogen and oxygen atoms in total. The Balaban J connectivity index is 1.40. The third-order valence-electron chi connectivity index (χ3n) is 4.84. The van der Waals surface area contributed by atoms with E-state index in [2.05, 4.69) is 15.7 Å². The Bertz CT molecular complexity index is 1290. The Hall–Kier alpha value is -2.98. The first-order valence-electron chi connectivity index (χ1n) is 9.23. The van der Waals surface area contributed by atoms with Gasteiger partial charge in [0.05, 0.1) is 24.4 Å². The van der Waals surface area contributed by atoms with Crippen molar-refractivity contribution in [3.05, 3.63) is 57.9 Å². The number of para-hydroxylation sites is 1. The van der Waals surface area contributed by atoms with E-state index in [4.69, 9.17) is 0 Å². The van der Waals surface area contributed by atoms with Crippen molar-refractivity contribution in [3.8, 4) is 0 Å². The van der Waals surface area contributed by atoms with E-state index in [9.17, 15) is 18.0 Å². The van der Waals surface area contributed by atoms with Crippen molar-refractivity contribution >= 4 is 32.3 Å². The SMILES string of the molecule is Cc1cc2ccccc2n2c(=O)n(CCNC(=O)CN[C@H]3C=CS(=O)(=O)C3)nc12. The average Bonchev–Trinajstić information content (AvgIpc) is 3.20. The van der Waals surface area contributed by atoms with E-state index in [0.717, 1.165) is 21.9 Å². The largest absolute Gasteiger partial charge is 0.353 e. The number of benzene rings is 1. The van der Waals surface area contributed by atoms with Crippen LogP contribution in [0.15, 0.2) is 46.6 Å². The van der Waals surface area contributed by atoms with Crippen LogP contribution in [0.25, 0.3) is 16.6 Å². The molecular weight excluding hydrogens is 394 g/mol. The van der Waals surface area contributed by atoms with Crippen molar-refractivity contribution in [2.75, 3.05) is 18.8 Å². The number of aromatic nitrogens is 3. The first-order chi connectivity index (χ1) is 13.8. The summed E-state index contributed by atoms with van der Waals surface area (Å²) in [6.07, 6.45) is 1.53. The molecule has 1 aliphatic heterocycles. The van der Waals surface area contributed by atoms with Crippen LogP contribution in [0, 0.1) is 6.92 Å². The topological polar surface area (TPSA) is 115 Å². The summed E-state index contributed by atoms with van der Waals surface area (Å²) in [5, 5.41) is 12.1. The lowest BCUT2D eigenvalue weighted by Crippen LogP contribution is -2.41. The molecule has 10 heteroatoms. The van der Waals surface area contributed by atoms with E-state index >= 15 is 0 Å². The van der Waals surface area contributed by atoms with Crippen LogP contribution in [0.5, 0.6) is 0 Å². The van der Waals surface area contributed by atoms with Gasteiger partial charge in [-0.25, -0.2) is 22.3 Å². The average molecular weight is 415 g/mol. The third-order valence-corrected chi connectivity index (χ3v) is 6.24. The molecule has 1 aliphatic rings. The fraction of sp³-hybridized carbons (Fsp3) is 0.316. The normalized spacial score (nSPS) is 17.9. The van der Waals surface area contributed by atoms with E-state index in [-0.39, 0.29) is 43.0 Å². The van der Waals surface area contributed by atoms with Crippen molar-refractivity contribution in [2.24, 2.45) is 0 Å². The summed E-state index contributed by atoms with van der Waals surface area (Å²) in [5.74, 6) is -0.314. The number of hydrogen-bond donors (Lipinski definition) is 2. The highest BCUT2D eigenvalue weighted by Gasteiger charge is 2.21. The highest BCUT2D eigenvalue weighted by atomic mass is 32.2. The maximum atomic E-state index is 12.8. The lowest BCUT2D eigenvalue weighted by molar-refractivity contribution is -0.120. The summed E-state index contributed by atoms with van der Waals surface area (Å²) in [6.45, 7) is 2.37. The Labute approximate surface area is 166 Å². The molecule has 4 rings (SSSR count). The molecular formula is C19H21N5O4S. The number of carbonyl (C=O) groups excluding carboxylic acids is 1. The number of rotatable bonds is 6. The lowest BCUT2D eigenvalue weighted by Gasteiger charge is -2.10. The number of pyridine rings is 1. The van der Waals surface area contributed by atoms with Crippen molar-refractivity contribution < 1.29 is 13.2 Å². The minimum absolute atomic E-state index is 0.00562. The van der Waals surface area contributed by atoms with Crippen LogP contribution in [0.1, 0.15) is 5.56 Å². The molecule has 2 aromatic heterocycles. The van der Waals surface area contributed by atoms with Gasteiger partial charge in [0.2, 0.25) is 5.91 Å². The van der Waals surface area contributed by atoms with Gasteiger partial charge >= 0.3 is 5.69 Å². The molecule has 29 heavy (non-hydrogen) atoms. The minimum Gasteiger partial charge on any atom is -0.353 e. The zero-order chi connectivity index (χ0) is 20.6. The summed E-state index contributed by atoms with van der Waals surface area (Å²) < 4.78 is 25.6. The number of hydrogen-bond acceptors (Lipinski definition) is 6. The first-order valence-corrected chi connectivity index (χ1v) is 10.9. The Morgan fingerprint density at radius 1 is 1.31 bits per heavy atom. The molecule has 1 aromatic carbocycles. The lowest BCUT2D eigenvalue weighted by atomic mass is 10.1. The number of nitrogens with one attached hydrogen (secondary N) is 2. The van der Waals surface area contributed by atoms with Crippen molar-refractivity contribution in [1.82, 2.24) is 24.8 Å². The predicted octanol–water partition coefficient (Wildman–Crippen LogP) is -0.0259. The second-order valence-corrected chi connectivity index (χ2v) is 8.98. The van der Waals surface area contributed by atoms with Crippen LogP contribution >= 0.6 is 0 Å². The third kappa shape index (κ3) is 3.94. The summed E-state index contributed by atoms with van der Waals surface area (Å²) >= 11 is 0. The van der Waals surface area contributed by atoms with Gasteiger partial charge in [0, 0.05) is 18.0 Å². The Kier molecular flexibility index (Phi) is 4.97. The van der Waals surface area contributed by atoms with E-state index in [0.29, 0.717) is 5.65 Å². The van der Waals surface area contributed by atoms with E-state index in [1.165, 1.54) is 10.8 Å². The molecule has 3 aromatic rings. The molecule has 0 saturated carbocycles. The predicted molar refractivity (Wildman–Crippen MR) is 109 cm³/mol. The minimum atomic E-state index is -3.16. The molecule has 1 amide bonds. The maximum Gasteiger partial charge on any atom is 0.350 e. The van der Waals surface area contributed by atoms with Gasteiger partial charge in [-0.15, -0.1) is 5.10 Å². The number of fused-ring (bicyclic) bond motifs is 3. The van der Waals surface area contributed by atoms with Crippen LogP contribution in [0.2, 0.25) is 0 Å². The fourth-order valence-corrected chi connectivity index (χ4v) is 4.70. The molecule has 0 bridgehead atoms. The number of nitrogens with zero attached hydrogens (tertiary/aromatic N) is 3. The summed E-state index contributed by atoms with van der Waals surface area (Å²) in [4.78, 5) is 24.8. The summed E-state index contributed by atoms with van der Waals surface area (Å²) in [6, 6.07) is 9.25. The zero-order valence-corrected chi connectivity index (χ0v) is 16.6. The van der Waals surface area contributed by atoms with E-state index in [1.54, 1.807) is 4.40 Å². The van der Waals surface area contributed by atoms with Gasteiger partial charge < -0.3 is 10.6 Å². The number of carbonyl (C=O) groups is 1. The number of amides is 1. The molecule has 0 saturated heterocycles. The highest BCUT2D eigenvalue weighted by Crippen LogP contribution is 2.17. The Morgan fingerprint density at radius 3 is 2.86 bits per heavy atom. The number of aryl methyl sites for hydroxylation is 1. The van der Waals surface area contributed by atoms with Crippen LogP contribution < -0.4 is 16.3 Å². The van der Waals surface area contributed by atoms with E-state index in [1.807, 2.05) is 37.3 Å². The van der Waals surface area contributed by atoms with Gasteiger partial charge in [0.25, 0.3) is 0 Å². The van der Waals surface area contributed by atoms with E-state index < -0.39 is 9.84 Å². The van der Waals surface area contributed by atoms with Gasteiger partial charge in [-0.1, -0.05) is 24.3 Å². The molecule has 1 atom stereocenters. The second-order valence-electron chi connectivity index (χ2n) is 7.05. The van der Waals surface area contributed by atoms with Crippen LogP contribution in [0.4, 0.5) is 0 Å². The first kappa shape index (κ1) is 19.3. The Morgan fingerprint density at radius 2 is 2.10 bits per heavy atom. The van der Waals surface area contributed by atoms with Gasteiger partial charge in [0.1, 0.15) is 0 Å². The molecule has 0 spiro atoms. The molecule has 0 unspecified atom stereocenters. The van der Waals surface area contributed by atoms with Crippen molar-refractivity contribution in [3.63, 3.8) is 0 Å². The molecule has 0 radical (unpaired) electrons. The van der Waals surface area contributed by atoms with Crippen molar-refractivity contribution in [2.45, 2.75) is 19.5 Å². The molecule has 2 N–H and O–H groups in total. The van der Waals surface area contributed by atoms with Gasteiger partial charge in [-0.3, -0.25) is 4.79 Å². The van der Waals surface area contributed by atoms with Gasteiger partial charge in [0.15, 0.2) is 15.5 Å². The second kappa shape index (κ2) is 7.45. The van der Waals surface area contributed by atoms with Gasteiger partial charge in [-0.05, 0) is 30.0 Å². The molecule has 0 aliphatic carbocycles. The molecule has 3 heterocycles. The van der Waals surface area contributed by atoms with Gasteiger partial charge in [-0.2, -0.15) is 0 Å². The summed E-state index contributed by atoms with van der Waals surface area (Å²) in [7, 11) is -3.16. The molecule has 152 valence electrons. The zero-order valence-electron chi connectivity index (χ0n) is 15.8. The smallest absolute Gasteiger partial charge is 0.350 e. The summed E-state index contributed by atoms with van der Waals surface area (Å²) in [5.41, 5.74) is 2.02. The standard InChI is InChI=1S/C19H21N5O4S/c1-13-10-14-4-2-3-5-16(14)24-18(13)22-23(19(24)26)8-7-20-17(25)11-21-15-6-9-29(27,28)12-15/h2-6,9-10,15,21H,7-8,11-12H2,1H3,(H,20,25)/t15-/m0/s1. The quantitative estimate of drug-likeness (QED) is 0.585. The molecule has 0 fully saturated rings. The fourth-order valence-electron chi connectivity index (χ4n) is 3.43. The van der Waals surface area contributed by atoms with Crippen LogP contribution in [-0.4, -0.2) is 53.4 Å². The van der Waals surface area contributed by atoms with Crippen LogP contribution in [0.3, 0.4) is 0 Å². The highest BCUT2D eigenvalue weighted by molar-refractivity contribution is 7.94. The van der Waals surface area contributed by atoms with Crippen molar-refractivity contribution in [1.29, 1.82) is 0 Å². The maximum absolute atomic E-state index is 12.8.